The Kier molecular flexibility index (Phi) is 4.61. The van der Waals surface area contributed by atoms with E-state index < -0.39 is 6.10 Å². The molecule has 2 aromatic rings. The van der Waals surface area contributed by atoms with Crippen LogP contribution in [0.2, 0.25) is 0 Å². The fourth-order valence-corrected chi connectivity index (χ4v) is 3.51. The Morgan fingerprint density at radius 2 is 2.18 bits per heavy atom. The van der Waals surface area contributed by atoms with Crippen molar-refractivity contribution in [2.75, 3.05) is 32.7 Å². The molecule has 5 nitrogen and oxygen atoms in total. The average molecular weight is 320 g/mol. The van der Waals surface area contributed by atoms with E-state index in [1.54, 1.807) is 18.4 Å². The maximum atomic E-state index is 12.4. The molecule has 22 heavy (non-hydrogen) atoms. The molecule has 3 rings (SSSR count). The first-order chi connectivity index (χ1) is 10.6. The molecule has 1 atom stereocenters. The fraction of sp³-hybridized carbons (Fsp3) is 0.438. The third-order valence-electron chi connectivity index (χ3n) is 3.90. The van der Waals surface area contributed by atoms with Crippen molar-refractivity contribution in [2.45, 2.75) is 13.0 Å². The molecular formula is C16H20N2O3S. The number of carbonyl (C=O) groups excluding carboxylic acids is 1. The number of aliphatic hydroxyl groups is 1. The number of thiophene rings is 1. The van der Waals surface area contributed by atoms with Gasteiger partial charge in [0.1, 0.15) is 11.9 Å². The summed E-state index contributed by atoms with van der Waals surface area (Å²) < 4.78 is 5.22. The SMILES string of the molecule is Cc1csc(C(=O)N2CCN(C[C@H](O)c3ccco3)CC2)c1. The van der Waals surface area contributed by atoms with E-state index >= 15 is 0 Å². The maximum absolute atomic E-state index is 12.4. The minimum absolute atomic E-state index is 0.115. The van der Waals surface area contributed by atoms with Crippen LogP contribution in [0.25, 0.3) is 0 Å². The molecule has 1 aliphatic rings. The molecular weight excluding hydrogens is 300 g/mol. The first-order valence-corrected chi connectivity index (χ1v) is 8.29. The fourth-order valence-electron chi connectivity index (χ4n) is 2.65. The minimum Gasteiger partial charge on any atom is -0.467 e. The van der Waals surface area contributed by atoms with Gasteiger partial charge in [0.15, 0.2) is 0 Å². The van der Waals surface area contributed by atoms with E-state index in [1.165, 1.54) is 11.3 Å². The molecule has 1 amide bonds. The molecule has 3 heterocycles. The normalized spacial score (nSPS) is 17.6. The summed E-state index contributed by atoms with van der Waals surface area (Å²) in [6.45, 7) is 5.47. The summed E-state index contributed by atoms with van der Waals surface area (Å²) in [5.41, 5.74) is 1.13. The highest BCUT2D eigenvalue weighted by atomic mass is 32.1. The van der Waals surface area contributed by atoms with Crippen molar-refractivity contribution >= 4 is 17.2 Å². The second-order valence-corrected chi connectivity index (χ2v) is 6.52. The molecule has 1 fully saturated rings. The summed E-state index contributed by atoms with van der Waals surface area (Å²) in [6.07, 6.45) is 0.954. The van der Waals surface area contributed by atoms with Crippen molar-refractivity contribution < 1.29 is 14.3 Å². The summed E-state index contributed by atoms with van der Waals surface area (Å²) in [4.78, 5) is 17.2. The third kappa shape index (κ3) is 3.40. The number of amides is 1. The van der Waals surface area contributed by atoms with Crippen LogP contribution in [0.3, 0.4) is 0 Å². The monoisotopic (exact) mass is 320 g/mol. The lowest BCUT2D eigenvalue weighted by Crippen LogP contribution is -2.49. The van der Waals surface area contributed by atoms with E-state index in [0.29, 0.717) is 25.4 Å². The molecule has 2 aromatic heterocycles. The van der Waals surface area contributed by atoms with Gasteiger partial charge in [-0.05, 0) is 36.1 Å². The Morgan fingerprint density at radius 3 is 2.77 bits per heavy atom. The lowest BCUT2D eigenvalue weighted by Gasteiger charge is -2.35. The second kappa shape index (κ2) is 6.64. The number of β-amino-alcohol motifs (C(OH)–C–C–N with tert-alkyl or cyclic N) is 1. The number of rotatable bonds is 4. The number of hydrogen-bond donors (Lipinski definition) is 1. The van der Waals surface area contributed by atoms with Gasteiger partial charge in [-0.1, -0.05) is 0 Å². The molecule has 0 unspecified atom stereocenters. The third-order valence-corrected chi connectivity index (χ3v) is 4.94. The Morgan fingerprint density at radius 1 is 1.41 bits per heavy atom. The maximum Gasteiger partial charge on any atom is 0.264 e. The molecule has 1 aliphatic heterocycles. The zero-order valence-electron chi connectivity index (χ0n) is 12.6. The minimum atomic E-state index is -0.614. The van der Waals surface area contributed by atoms with Crippen molar-refractivity contribution in [3.05, 3.63) is 46.0 Å². The van der Waals surface area contributed by atoms with E-state index in [9.17, 15) is 9.90 Å². The summed E-state index contributed by atoms with van der Waals surface area (Å²) in [5, 5.41) is 12.1. The highest BCUT2D eigenvalue weighted by Gasteiger charge is 2.24. The van der Waals surface area contributed by atoms with Gasteiger partial charge < -0.3 is 14.4 Å². The number of piperazine rings is 1. The highest BCUT2D eigenvalue weighted by Crippen LogP contribution is 2.19. The molecule has 0 aliphatic carbocycles. The Bertz CT molecular complexity index is 615. The number of furan rings is 1. The van der Waals surface area contributed by atoms with Crippen LogP contribution >= 0.6 is 11.3 Å². The predicted molar refractivity (Wildman–Crippen MR) is 85.1 cm³/mol. The quantitative estimate of drug-likeness (QED) is 0.938. The molecule has 1 N–H and O–H groups in total. The Labute approximate surface area is 133 Å². The zero-order chi connectivity index (χ0) is 15.5. The van der Waals surface area contributed by atoms with Crippen molar-refractivity contribution in [1.29, 1.82) is 0 Å². The summed E-state index contributed by atoms with van der Waals surface area (Å²) in [7, 11) is 0. The van der Waals surface area contributed by atoms with Crippen molar-refractivity contribution in [2.24, 2.45) is 0 Å². The first kappa shape index (κ1) is 15.3. The Hall–Kier alpha value is -1.63. The lowest BCUT2D eigenvalue weighted by atomic mass is 10.2. The van der Waals surface area contributed by atoms with E-state index in [2.05, 4.69) is 4.90 Å². The van der Waals surface area contributed by atoms with Gasteiger partial charge in [-0.3, -0.25) is 9.69 Å². The molecule has 0 bridgehead atoms. The molecule has 0 aromatic carbocycles. The van der Waals surface area contributed by atoms with Crippen molar-refractivity contribution in [3.8, 4) is 0 Å². The molecule has 0 saturated carbocycles. The van der Waals surface area contributed by atoms with Crippen LogP contribution < -0.4 is 0 Å². The number of aliphatic hydroxyl groups excluding tert-OH is 1. The highest BCUT2D eigenvalue weighted by molar-refractivity contribution is 7.12. The molecule has 1 saturated heterocycles. The number of carbonyl (C=O) groups is 1. The van der Waals surface area contributed by atoms with Crippen LogP contribution in [0.1, 0.15) is 27.1 Å². The summed E-state index contributed by atoms with van der Waals surface area (Å²) >= 11 is 1.50. The van der Waals surface area contributed by atoms with Crippen LogP contribution in [-0.4, -0.2) is 53.5 Å². The van der Waals surface area contributed by atoms with Crippen molar-refractivity contribution in [3.63, 3.8) is 0 Å². The van der Waals surface area contributed by atoms with Crippen LogP contribution in [0.5, 0.6) is 0 Å². The van der Waals surface area contributed by atoms with Crippen LogP contribution in [-0.2, 0) is 0 Å². The van der Waals surface area contributed by atoms with Gasteiger partial charge in [-0.25, -0.2) is 0 Å². The van der Waals surface area contributed by atoms with Gasteiger partial charge in [0.05, 0.1) is 11.1 Å². The largest absolute Gasteiger partial charge is 0.467 e. The first-order valence-electron chi connectivity index (χ1n) is 7.42. The Balaban J connectivity index is 1.51. The van der Waals surface area contributed by atoms with Crippen LogP contribution in [0, 0.1) is 6.92 Å². The van der Waals surface area contributed by atoms with Crippen LogP contribution in [0.15, 0.2) is 34.3 Å². The van der Waals surface area contributed by atoms with Crippen LogP contribution in [0.4, 0.5) is 0 Å². The number of nitrogens with zero attached hydrogens (tertiary/aromatic N) is 2. The van der Waals surface area contributed by atoms with E-state index in [1.807, 2.05) is 23.3 Å². The van der Waals surface area contributed by atoms with Gasteiger partial charge in [0, 0.05) is 32.7 Å². The van der Waals surface area contributed by atoms with Gasteiger partial charge >= 0.3 is 0 Å². The van der Waals surface area contributed by atoms with Gasteiger partial charge in [-0.15, -0.1) is 11.3 Å². The topological polar surface area (TPSA) is 56.9 Å². The van der Waals surface area contributed by atoms with E-state index in [4.69, 9.17) is 4.42 Å². The second-order valence-electron chi connectivity index (χ2n) is 5.61. The summed E-state index contributed by atoms with van der Waals surface area (Å²) in [5.74, 6) is 0.705. The standard InChI is InChI=1S/C16H20N2O3S/c1-12-9-15(22-11-12)16(20)18-6-4-17(5-7-18)10-13(19)14-3-2-8-21-14/h2-3,8-9,11,13,19H,4-7,10H2,1H3/t13-/m0/s1. The smallest absolute Gasteiger partial charge is 0.264 e. The molecule has 118 valence electrons. The van der Waals surface area contributed by atoms with Gasteiger partial charge in [0.2, 0.25) is 0 Å². The average Bonchev–Trinajstić information content (AvgIpc) is 3.18. The predicted octanol–water partition coefficient (Wildman–Crippen LogP) is 2.14. The lowest BCUT2D eigenvalue weighted by molar-refractivity contribution is 0.0489. The van der Waals surface area contributed by atoms with E-state index in [-0.39, 0.29) is 5.91 Å². The van der Waals surface area contributed by atoms with Crippen molar-refractivity contribution in [1.82, 2.24) is 9.80 Å². The van der Waals surface area contributed by atoms with E-state index in [0.717, 1.165) is 23.5 Å². The molecule has 0 radical (unpaired) electrons. The number of hydrogen-bond acceptors (Lipinski definition) is 5. The van der Waals surface area contributed by atoms with Gasteiger partial charge in [0.25, 0.3) is 5.91 Å². The van der Waals surface area contributed by atoms with Gasteiger partial charge in [-0.2, -0.15) is 0 Å². The zero-order valence-corrected chi connectivity index (χ0v) is 13.4. The number of aryl methyl sites for hydroxylation is 1. The molecule has 0 spiro atoms. The molecule has 6 heteroatoms. The summed E-state index contributed by atoms with van der Waals surface area (Å²) in [6, 6.07) is 5.50.